The van der Waals surface area contributed by atoms with Crippen molar-refractivity contribution in [3.63, 3.8) is 0 Å². The Bertz CT molecular complexity index is 1450. The second-order valence-corrected chi connectivity index (χ2v) is 12.0. The molecule has 0 bridgehead atoms. The summed E-state index contributed by atoms with van der Waals surface area (Å²) >= 11 is 2.70. The first-order chi connectivity index (χ1) is 19.4. The van der Waals surface area contributed by atoms with Crippen molar-refractivity contribution in [2.24, 2.45) is 0 Å². The third-order valence-electron chi connectivity index (χ3n) is 7.57. The predicted molar refractivity (Wildman–Crippen MR) is 158 cm³/mol. The Kier molecular flexibility index (Phi) is 8.90. The highest BCUT2D eigenvalue weighted by Crippen LogP contribution is 2.38. The van der Waals surface area contributed by atoms with E-state index in [9.17, 15) is 14.7 Å². The number of carbonyl (C=O) groups excluding carboxylic acids is 1. The number of oxazole rings is 1. The minimum absolute atomic E-state index is 0.219. The van der Waals surface area contributed by atoms with Gasteiger partial charge < -0.3 is 23.9 Å². The predicted octanol–water partition coefficient (Wildman–Crippen LogP) is 5.45. The summed E-state index contributed by atoms with van der Waals surface area (Å²) in [7, 11) is 3.69. The zero-order valence-electron chi connectivity index (χ0n) is 22.7. The molecular formula is C30H34N2O6S2. The van der Waals surface area contributed by atoms with Gasteiger partial charge in [0.05, 0.1) is 28.6 Å². The van der Waals surface area contributed by atoms with Crippen molar-refractivity contribution in [3.8, 4) is 0 Å². The molecule has 0 amide bonds. The lowest BCUT2D eigenvalue weighted by molar-refractivity contribution is -0.169. The molecule has 1 aliphatic carbocycles. The van der Waals surface area contributed by atoms with Crippen LogP contribution in [0.5, 0.6) is 0 Å². The number of aliphatic hydroxyl groups is 1. The average molecular weight is 583 g/mol. The van der Waals surface area contributed by atoms with E-state index in [-0.39, 0.29) is 11.9 Å². The third kappa shape index (κ3) is 5.95. The van der Waals surface area contributed by atoms with Crippen LogP contribution < -0.4 is 5.76 Å². The van der Waals surface area contributed by atoms with Crippen LogP contribution in [0.4, 0.5) is 0 Å². The van der Waals surface area contributed by atoms with Crippen molar-refractivity contribution in [2.45, 2.75) is 56.4 Å². The molecule has 1 aromatic carbocycles. The molecule has 3 aromatic heterocycles. The number of rotatable bonds is 11. The number of aryl methyl sites for hydroxylation is 1. The molecule has 1 N–H and O–H groups in total. The monoisotopic (exact) mass is 582 g/mol. The van der Waals surface area contributed by atoms with E-state index in [1.807, 2.05) is 47.2 Å². The largest absolute Gasteiger partial charge is 0.504 e. The SMILES string of the molecule is CO/C=C/c1ccc2c(c1)oc(=O)n2CCCN(C)C1CCC(OC(=O)C(O)(c2cccs2)c2cccs2)CC1. The van der Waals surface area contributed by atoms with Crippen LogP contribution in [0, 0.1) is 0 Å². The van der Waals surface area contributed by atoms with Gasteiger partial charge in [-0.1, -0.05) is 18.2 Å². The smallest absolute Gasteiger partial charge is 0.419 e. The standard InChI is InChI=1S/C30H34N2O6S2/c1-31(15-5-16-32-24-13-8-21(14-17-36-2)20-25(24)38-29(32)34)22-9-11-23(12-10-22)37-28(33)30(35,26-6-3-18-39-26)27-7-4-19-40-27/h3-4,6-8,13-14,17-20,22-23,35H,5,9-12,15-16H2,1-2H3/b17-14+. The molecule has 1 saturated carbocycles. The van der Waals surface area contributed by atoms with Gasteiger partial charge in [-0.05, 0) is 92.4 Å². The number of esters is 1. The Morgan fingerprint density at radius 2 is 1.85 bits per heavy atom. The van der Waals surface area contributed by atoms with Crippen molar-refractivity contribution in [2.75, 3.05) is 20.7 Å². The second kappa shape index (κ2) is 12.6. The second-order valence-electron chi connectivity index (χ2n) is 10.1. The third-order valence-corrected chi connectivity index (χ3v) is 9.53. The highest BCUT2D eigenvalue weighted by Gasteiger charge is 2.45. The molecule has 40 heavy (non-hydrogen) atoms. The maximum atomic E-state index is 13.3. The van der Waals surface area contributed by atoms with Gasteiger partial charge in [0, 0.05) is 12.6 Å². The number of carbonyl (C=O) groups is 1. The molecule has 8 nitrogen and oxygen atoms in total. The Morgan fingerprint density at radius 1 is 1.15 bits per heavy atom. The molecule has 0 radical (unpaired) electrons. The summed E-state index contributed by atoms with van der Waals surface area (Å²) < 4.78 is 18.0. The minimum atomic E-state index is -1.77. The molecule has 0 aliphatic heterocycles. The first-order valence-corrected chi connectivity index (χ1v) is 15.2. The van der Waals surface area contributed by atoms with Gasteiger partial charge in [-0.3, -0.25) is 4.57 Å². The molecule has 0 spiro atoms. The van der Waals surface area contributed by atoms with Gasteiger partial charge in [0.1, 0.15) is 6.10 Å². The van der Waals surface area contributed by atoms with Crippen molar-refractivity contribution in [1.82, 2.24) is 9.47 Å². The molecule has 10 heteroatoms. The van der Waals surface area contributed by atoms with Crippen molar-refractivity contribution >= 4 is 45.8 Å². The van der Waals surface area contributed by atoms with Crippen LogP contribution in [0.15, 0.2) is 68.7 Å². The van der Waals surface area contributed by atoms with E-state index in [2.05, 4.69) is 11.9 Å². The number of aromatic nitrogens is 1. The minimum Gasteiger partial charge on any atom is -0.504 e. The summed E-state index contributed by atoms with van der Waals surface area (Å²) in [6, 6.07) is 13.2. The lowest BCUT2D eigenvalue weighted by atomic mass is 9.91. The summed E-state index contributed by atoms with van der Waals surface area (Å²) in [4.78, 5) is 29.2. The molecule has 0 atom stereocenters. The number of nitrogens with zero attached hydrogens (tertiary/aromatic N) is 2. The van der Waals surface area contributed by atoms with Gasteiger partial charge in [0.25, 0.3) is 0 Å². The molecular weight excluding hydrogens is 548 g/mol. The van der Waals surface area contributed by atoms with Gasteiger partial charge in [-0.25, -0.2) is 9.59 Å². The topological polar surface area (TPSA) is 94.1 Å². The molecule has 5 rings (SSSR count). The number of fused-ring (bicyclic) bond motifs is 1. The van der Waals surface area contributed by atoms with Crippen LogP contribution >= 0.6 is 22.7 Å². The number of thiophene rings is 2. The van der Waals surface area contributed by atoms with Gasteiger partial charge >= 0.3 is 11.7 Å². The van der Waals surface area contributed by atoms with Crippen LogP contribution in [-0.2, 0) is 26.4 Å². The zero-order chi connectivity index (χ0) is 28.1. The Hall–Kier alpha value is -3.18. The highest BCUT2D eigenvalue weighted by atomic mass is 32.1. The van der Waals surface area contributed by atoms with Gasteiger partial charge in [0.2, 0.25) is 5.60 Å². The molecule has 3 heterocycles. The Labute approximate surface area is 241 Å². The molecule has 4 aromatic rings. The number of benzene rings is 1. The molecule has 212 valence electrons. The number of hydrogen-bond acceptors (Lipinski definition) is 9. The van der Waals surface area contributed by atoms with E-state index >= 15 is 0 Å². The maximum absolute atomic E-state index is 13.3. The van der Waals surface area contributed by atoms with Crippen LogP contribution in [0.3, 0.4) is 0 Å². The van der Waals surface area contributed by atoms with Gasteiger partial charge in [0.15, 0.2) is 5.58 Å². The van der Waals surface area contributed by atoms with E-state index in [0.29, 0.717) is 27.9 Å². The molecule has 1 fully saturated rings. The van der Waals surface area contributed by atoms with E-state index < -0.39 is 11.6 Å². The number of ether oxygens (including phenoxy) is 2. The van der Waals surface area contributed by atoms with E-state index in [0.717, 1.165) is 49.7 Å². The lowest BCUT2D eigenvalue weighted by Crippen LogP contribution is -2.42. The van der Waals surface area contributed by atoms with Crippen LogP contribution in [-0.4, -0.2) is 53.4 Å². The van der Waals surface area contributed by atoms with E-state index in [1.54, 1.807) is 30.1 Å². The van der Waals surface area contributed by atoms with E-state index in [1.165, 1.54) is 22.7 Å². The zero-order valence-corrected chi connectivity index (χ0v) is 24.3. The summed E-state index contributed by atoms with van der Waals surface area (Å²) in [5.41, 5.74) is 0.483. The first-order valence-electron chi connectivity index (χ1n) is 13.4. The van der Waals surface area contributed by atoms with Crippen molar-refractivity contribution < 1.29 is 23.8 Å². The summed E-state index contributed by atoms with van der Waals surface area (Å²) in [6.45, 7) is 1.40. The Morgan fingerprint density at radius 3 is 2.48 bits per heavy atom. The normalized spacial score (nSPS) is 18.1. The van der Waals surface area contributed by atoms with Crippen LogP contribution in [0.2, 0.25) is 0 Å². The molecule has 0 unspecified atom stereocenters. The fourth-order valence-corrected chi connectivity index (χ4v) is 7.05. The molecule has 0 saturated heterocycles. The van der Waals surface area contributed by atoms with Gasteiger partial charge in [-0.2, -0.15) is 0 Å². The highest BCUT2D eigenvalue weighted by molar-refractivity contribution is 7.12. The van der Waals surface area contributed by atoms with Crippen LogP contribution in [0.1, 0.15) is 47.4 Å². The maximum Gasteiger partial charge on any atom is 0.419 e. The van der Waals surface area contributed by atoms with E-state index in [4.69, 9.17) is 13.9 Å². The Balaban J connectivity index is 1.12. The average Bonchev–Trinajstić information content (AvgIpc) is 3.74. The lowest BCUT2D eigenvalue weighted by Gasteiger charge is -2.35. The van der Waals surface area contributed by atoms with Crippen LogP contribution in [0.25, 0.3) is 17.2 Å². The van der Waals surface area contributed by atoms with Crippen molar-refractivity contribution in [1.29, 1.82) is 0 Å². The first kappa shape index (κ1) is 28.4. The number of hydrogen-bond donors (Lipinski definition) is 1. The summed E-state index contributed by atoms with van der Waals surface area (Å²) in [5.74, 6) is -0.952. The number of methoxy groups -OCH3 is 1. The summed E-state index contributed by atoms with van der Waals surface area (Å²) in [5, 5.41) is 15.2. The molecule has 1 aliphatic rings. The fraction of sp³-hybridized carbons (Fsp3) is 0.400. The van der Waals surface area contributed by atoms with Crippen molar-refractivity contribution in [3.05, 3.63) is 85.4 Å². The summed E-state index contributed by atoms with van der Waals surface area (Å²) in [6.07, 6.45) is 7.28. The van der Waals surface area contributed by atoms with Gasteiger partial charge in [-0.15, -0.1) is 22.7 Å². The fourth-order valence-electron chi connectivity index (χ4n) is 5.34. The quantitative estimate of drug-likeness (QED) is 0.186.